The summed E-state index contributed by atoms with van der Waals surface area (Å²) >= 11 is 1.53. The van der Waals surface area contributed by atoms with Crippen molar-refractivity contribution in [2.75, 3.05) is 19.4 Å². The van der Waals surface area contributed by atoms with Gasteiger partial charge in [-0.2, -0.15) is 0 Å². The second kappa shape index (κ2) is 11.2. The normalized spacial score (nSPS) is 10.4. The summed E-state index contributed by atoms with van der Waals surface area (Å²) in [5.41, 5.74) is 13.3. The Kier molecular flexibility index (Phi) is 12.2. The van der Waals surface area contributed by atoms with Crippen LogP contribution >= 0.6 is 36.6 Å². The lowest BCUT2D eigenvalue weighted by Crippen LogP contribution is -2.07. The van der Waals surface area contributed by atoms with Gasteiger partial charge in [0.2, 0.25) is 0 Å². The fourth-order valence-corrected chi connectivity index (χ4v) is 1.91. The quantitative estimate of drug-likeness (QED) is 0.644. The van der Waals surface area contributed by atoms with E-state index in [2.05, 4.69) is 4.99 Å². The van der Waals surface area contributed by atoms with E-state index in [9.17, 15) is 0 Å². The molecule has 1 aromatic rings. The number of ether oxygens (including phenoxy) is 1. The third-order valence-electron chi connectivity index (χ3n) is 2.22. The maximum Gasteiger partial charge on any atom is 0.159 e. The average molecular weight is 326 g/mol. The van der Waals surface area contributed by atoms with Gasteiger partial charge in [-0.05, 0) is 42.5 Å². The first-order chi connectivity index (χ1) is 8.21. The Balaban J connectivity index is 0. The molecule has 0 unspecified atom stereocenters. The summed E-state index contributed by atoms with van der Waals surface area (Å²) < 4.78 is 5.18. The van der Waals surface area contributed by atoms with Gasteiger partial charge in [0.15, 0.2) is 5.17 Å². The lowest BCUT2D eigenvalue weighted by atomic mass is 10.1. The zero-order chi connectivity index (χ0) is 12.7. The minimum Gasteiger partial charge on any atom is -0.497 e. The molecule has 0 saturated carbocycles. The Morgan fingerprint density at radius 3 is 2.58 bits per heavy atom. The van der Waals surface area contributed by atoms with Crippen molar-refractivity contribution in [2.24, 2.45) is 16.5 Å². The molecule has 1 rings (SSSR count). The number of rotatable bonds is 5. The van der Waals surface area contributed by atoms with Crippen LogP contribution < -0.4 is 16.2 Å². The fourth-order valence-electron chi connectivity index (χ4n) is 1.45. The van der Waals surface area contributed by atoms with Gasteiger partial charge in [-0.25, -0.2) is 4.99 Å². The molecule has 4 N–H and O–H groups in total. The molecule has 19 heavy (non-hydrogen) atoms. The van der Waals surface area contributed by atoms with Crippen molar-refractivity contribution in [1.29, 1.82) is 0 Å². The van der Waals surface area contributed by atoms with Gasteiger partial charge in [-0.15, -0.1) is 24.8 Å². The molecule has 1 aromatic carbocycles. The average Bonchev–Trinajstić information content (AvgIpc) is 2.32. The number of nitrogens with two attached hydrogens (primary N) is 2. The minimum atomic E-state index is 0. The lowest BCUT2D eigenvalue weighted by Gasteiger charge is -2.08. The zero-order valence-electron chi connectivity index (χ0n) is 11.1. The Bertz CT molecular complexity index is 403. The Hall–Kier alpha value is -0.620. The van der Waals surface area contributed by atoms with E-state index in [1.165, 1.54) is 11.8 Å². The van der Waals surface area contributed by atoms with Gasteiger partial charge in [0.05, 0.1) is 12.8 Å². The summed E-state index contributed by atoms with van der Waals surface area (Å²) in [6, 6.07) is 5.74. The van der Waals surface area contributed by atoms with Crippen LogP contribution in [0, 0.1) is 0 Å². The van der Waals surface area contributed by atoms with Crippen molar-refractivity contribution < 1.29 is 4.74 Å². The molecule has 0 heterocycles. The molecular weight excluding hydrogens is 305 g/mol. The first-order valence-corrected chi connectivity index (χ1v) is 6.53. The van der Waals surface area contributed by atoms with Gasteiger partial charge in [0.25, 0.3) is 0 Å². The number of methoxy groups -OCH3 is 1. The monoisotopic (exact) mass is 325 g/mol. The van der Waals surface area contributed by atoms with E-state index in [-0.39, 0.29) is 24.8 Å². The first kappa shape index (κ1) is 20.7. The Labute approximate surface area is 131 Å². The smallest absolute Gasteiger partial charge is 0.159 e. The molecule has 0 aliphatic heterocycles. The third kappa shape index (κ3) is 6.92. The van der Waals surface area contributed by atoms with Gasteiger partial charge in [-0.1, -0.05) is 18.7 Å². The molecule has 0 bridgehead atoms. The molecule has 110 valence electrons. The van der Waals surface area contributed by atoms with Crippen LogP contribution in [0.25, 0.3) is 0 Å². The second-order valence-electron chi connectivity index (χ2n) is 3.42. The van der Waals surface area contributed by atoms with Crippen molar-refractivity contribution >= 4 is 47.4 Å². The Morgan fingerprint density at radius 1 is 1.37 bits per heavy atom. The van der Waals surface area contributed by atoms with E-state index in [4.69, 9.17) is 16.2 Å². The van der Waals surface area contributed by atoms with Gasteiger partial charge in [-0.3, -0.25) is 0 Å². The van der Waals surface area contributed by atoms with Crippen LogP contribution in [0.1, 0.15) is 12.5 Å². The van der Waals surface area contributed by atoms with E-state index >= 15 is 0 Å². The van der Waals surface area contributed by atoms with Gasteiger partial charge in [0.1, 0.15) is 5.75 Å². The number of hydrogen-bond acceptors (Lipinski definition) is 4. The van der Waals surface area contributed by atoms with Crippen molar-refractivity contribution in [3.63, 3.8) is 0 Å². The van der Waals surface area contributed by atoms with E-state index < -0.39 is 0 Å². The van der Waals surface area contributed by atoms with Gasteiger partial charge >= 0.3 is 0 Å². The molecule has 4 nitrogen and oxygen atoms in total. The number of nitrogens with zero attached hydrogens (tertiary/aromatic N) is 1. The minimum absolute atomic E-state index is 0. The van der Waals surface area contributed by atoms with Crippen LogP contribution in [-0.2, 0) is 6.42 Å². The maximum absolute atomic E-state index is 5.80. The van der Waals surface area contributed by atoms with E-state index in [0.29, 0.717) is 11.7 Å². The second-order valence-corrected chi connectivity index (χ2v) is 4.70. The molecule has 0 aliphatic rings. The molecule has 0 spiro atoms. The maximum atomic E-state index is 5.80. The third-order valence-corrected chi connectivity index (χ3v) is 2.90. The van der Waals surface area contributed by atoms with Crippen LogP contribution in [0.3, 0.4) is 0 Å². The number of thioether (sulfide) groups is 1. The molecule has 0 atom stereocenters. The predicted octanol–water partition coefficient (Wildman–Crippen LogP) is 2.74. The van der Waals surface area contributed by atoms with Crippen molar-refractivity contribution in [3.8, 4) is 5.75 Å². The van der Waals surface area contributed by atoms with Crippen LogP contribution in [0.2, 0.25) is 0 Å². The SMILES string of the molecule is CCSC(N)=Nc1ccc(OC)cc1CCN.Cl.Cl. The van der Waals surface area contributed by atoms with E-state index in [1.807, 2.05) is 25.1 Å². The highest BCUT2D eigenvalue weighted by molar-refractivity contribution is 8.13. The fraction of sp³-hybridized carbons (Fsp3) is 0.417. The molecular formula is C12H21Cl2N3OS. The molecule has 0 radical (unpaired) electrons. The molecule has 0 amide bonds. The van der Waals surface area contributed by atoms with Crippen molar-refractivity contribution in [3.05, 3.63) is 23.8 Å². The van der Waals surface area contributed by atoms with Gasteiger partial charge in [0, 0.05) is 0 Å². The molecule has 0 fully saturated rings. The topological polar surface area (TPSA) is 73.6 Å². The predicted molar refractivity (Wildman–Crippen MR) is 89.7 cm³/mol. The lowest BCUT2D eigenvalue weighted by molar-refractivity contribution is 0.414. The highest BCUT2D eigenvalue weighted by atomic mass is 35.5. The van der Waals surface area contributed by atoms with Crippen LogP contribution in [-0.4, -0.2) is 24.6 Å². The number of amidine groups is 1. The summed E-state index contributed by atoms with van der Waals surface area (Å²) in [6.07, 6.45) is 0.764. The number of benzene rings is 1. The zero-order valence-corrected chi connectivity index (χ0v) is 13.5. The molecule has 0 saturated heterocycles. The Morgan fingerprint density at radius 2 is 2.05 bits per heavy atom. The highest BCUT2D eigenvalue weighted by Gasteiger charge is 2.04. The molecule has 0 aromatic heterocycles. The number of hydrogen-bond donors (Lipinski definition) is 2. The van der Waals surface area contributed by atoms with Crippen LogP contribution in [0.15, 0.2) is 23.2 Å². The van der Waals surface area contributed by atoms with E-state index in [1.54, 1.807) is 7.11 Å². The number of aliphatic imine (C=N–C) groups is 1. The summed E-state index contributed by atoms with van der Waals surface area (Å²) in [7, 11) is 1.64. The number of halogens is 2. The van der Waals surface area contributed by atoms with Crippen molar-refractivity contribution in [2.45, 2.75) is 13.3 Å². The van der Waals surface area contributed by atoms with Crippen LogP contribution in [0.4, 0.5) is 5.69 Å². The highest BCUT2D eigenvalue weighted by Crippen LogP contribution is 2.25. The van der Waals surface area contributed by atoms with Crippen LogP contribution in [0.5, 0.6) is 5.75 Å². The summed E-state index contributed by atoms with van der Waals surface area (Å²) in [4.78, 5) is 4.39. The molecule has 7 heteroatoms. The van der Waals surface area contributed by atoms with Gasteiger partial charge < -0.3 is 16.2 Å². The summed E-state index contributed by atoms with van der Waals surface area (Å²) in [5, 5.41) is 0.580. The first-order valence-electron chi connectivity index (χ1n) is 5.55. The summed E-state index contributed by atoms with van der Waals surface area (Å²) in [5.74, 6) is 1.73. The van der Waals surface area contributed by atoms with E-state index in [0.717, 1.165) is 29.2 Å². The van der Waals surface area contributed by atoms with Crippen molar-refractivity contribution in [1.82, 2.24) is 0 Å². The largest absolute Gasteiger partial charge is 0.497 e. The standard InChI is InChI=1S/C12H19N3OS.2ClH/c1-3-17-12(14)15-11-5-4-10(16-2)8-9(11)6-7-13;;/h4-5,8H,3,6-7,13H2,1-2H3,(H2,14,15);2*1H. The summed E-state index contributed by atoms with van der Waals surface area (Å²) in [6.45, 7) is 2.62. The molecule has 0 aliphatic carbocycles.